The molecule has 0 aliphatic carbocycles. The van der Waals surface area contributed by atoms with Gasteiger partial charge in [0.15, 0.2) is 0 Å². The summed E-state index contributed by atoms with van der Waals surface area (Å²) >= 11 is 0. The number of halogens is 1. The molecule has 3 rings (SSSR count). The summed E-state index contributed by atoms with van der Waals surface area (Å²) in [6, 6.07) is 2.70. The third-order valence-corrected chi connectivity index (χ3v) is 4.54. The number of rotatable bonds is 4. The van der Waals surface area contributed by atoms with Crippen molar-refractivity contribution in [1.82, 2.24) is 9.47 Å². The minimum Gasteiger partial charge on any atom is -0.507 e. The van der Waals surface area contributed by atoms with Crippen molar-refractivity contribution in [2.24, 2.45) is 0 Å². The predicted octanol–water partition coefficient (Wildman–Crippen LogP) is 3.16. The van der Waals surface area contributed by atoms with E-state index in [1.807, 2.05) is 17.7 Å². The summed E-state index contributed by atoms with van der Waals surface area (Å²) in [6.45, 7) is 9.74. The smallest absolute Gasteiger partial charge is 0.129 e. The second-order valence-electron chi connectivity index (χ2n) is 6.53. The number of aromatic nitrogens is 1. The summed E-state index contributed by atoms with van der Waals surface area (Å²) in [6.07, 6.45) is 3.37. The van der Waals surface area contributed by atoms with Crippen LogP contribution in [0.15, 0.2) is 18.3 Å². The van der Waals surface area contributed by atoms with Crippen LogP contribution in [0, 0.1) is 5.82 Å². The Hall–Kier alpha value is -1.59. The fraction of sp³-hybridized carbons (Fsp3) is 0.556. The highest BCUT2D eigenvalue weighted by Crippen LogP contribution is 2.31. The lowest BCUT2D eigenvalue weighted by atomic mass is 10.1. The first-order valence-corrected chi connectivity index (χ1v) is 8.36. The molecular weight excluding hydrogens is 295 g/mol. The van der Waals surface area contributed by atoms with Crippen LogP contribution in [-0.4, -0.2) is 46.4 Å². The number of morpholine rings is 1. The molecule has 5 heteroatoms. The van der Waals surface area contributed by atoms with Crippen LogP contribution in [-0.2, 0) is 17.7 Å². The number of hydrogen-bond donors (Lipinski definition) is 1. The lowest BCUT2D eigenvalue weighted by molar-refractivity contribution is -0.0675. The second-order valence-corrected chi connectivity index (χ2v) is 6.53. The highest BCUT2D eigenvalue weighted by atomic mass is 19.1. The Labute approximate surface area is 136 Å². The maximum Gasteiger partial charge on any atom is 0.129 e. The molecular formula is C18H25FN2O2. The van der Waals surface area contributed by atoms with Gasteiger partial charge in [-0.05, 0) is 38.8 Å². The zero-order valence-corrected chi connectivity index (χ0v) is 14.1. The lowest BCUT2D eigenvalue weighted by Gasteiger charge is -2.35. The molecule has 1 saturated heterocycles. The van der Waals surface area contributed by atoms with Crippen molar-refractivity contribution in [3.63, 3.8) is 0 Å². The normalized spacial score (nSPS) is 22.8. The topological polar surface area (TPSA) is 37.6 Å². The molecule has 2 heterocycles. The number of benzene rings is 1. The van der Waals surface area contributed by atoms with Crippen LogP contribution in [0.5, 0.6) is 5.75 Å². The summed E-state index contributed by atoms with van der Waals surface area (Å²) in [5.41, 5.74) is 1.84. The van der Waals surface area contributed by atoms with Crippen LogP contribution in [0.2, 0.25) is 0 Å². The summed E-state index contributed by atoms with van der Waals surface area (Å²) in [5, 5.41) is 11.0. The van der Waals surface area contributed by atoms with Gasteiger partial charge in [0.2, 0.25) is 0 Å². The number of aryl methyl sites for hydroxylation is 1. The molecule has 0 saturated carbocycles. The Kier molecular flexibility index (Phi) is 4.60. The van der Waals surface area contributed by atoms with Crippen LogP contribution in [0.25, 0.3) is 10.9 Å². The van der Waals surface area contributed by atoms with E-state index in [2.05, 4.69) is 18.7 Å². The molecule has 0 unspecified atom stereocenters. The standard InChI is InChI=1S/C18H25FN2O2/c1-4-21-11-14(18-16(21)7-15(19)8-17(18)22)5-6-20-9-12(2)23-13(3)10-20/h7-8,11-13,22H,4-6,9-10H2,1-3H3/t12-,13+. The molecule has 0 spiro atoms. The van der Waals surface area contributed by atoms with Crippen LogP contribution < -0.4 is 0 Å². The van der Waals surface area contributed by atoms with Crippen molar-refractivity contribution in [1.29, 1.82) is 0 Å². The Morgan fingerprint density at radius 1 is 1.26 bits per heavy atom. The fourth-order valence-corrected chi connectivity index (χ4v) is 3.65. The van der Waals surface area contributed by atoms with Gasteiger partial charge < -0.3 is 14.4 Å². The van der Waals surface area contributed by atoms with Gasteiger partial charge in [-0.1, -0.05) is 0 Å². The van der Waals surface area contributed by atoms with Crippen LogP contribution >= 0.6 is 0 Å². The van der Waals surface area contributed by atoms with E-state index >= 15 is 0 Å². The molecule has 1 aliphatic rings. The maximum atomic E-state index is 13.6. The van der Waals surface area contributed by atoms with Gasteiger partial charge in [0.25, 0.3) is 0 Å². The first-order valence-electron chi connectivity index (χ1n) is 8.36. The summed E-state index contributed by atoms with van der Waals surface area (Å²) in [5.74, 6) is -0.365. The first-order chi connectivity index (χ1) is 11.0. The molecule has 1 N–H and O–H groups in total. The van der Waals surface area contributed by atoms with Gasteiger partial charge >= 0.3 is 0 Å². The van der Waals surface area contributed by atoms with E-state index in [9.17, 15) is 9.50 Å². The second kappa shape index (κ2) is 6.49. The molecule has 0 amide bonds. The van der Waals surface area contributed by atoms with Crippen LogP contribution in [0.4, 0.5) is 4.39 Å². The van der Waals surface area contributed by atoms with Crippen molar-refractivity contribution in [3.05, 3.63) is 29.7 Å². The average Bonchev–Trinajstić information content (AvgIpc) is 2.82. The highest BCUT2D eigenvalue weighted by Gasteiger charge is 2.22. The molecule has 2 aromatic rings. The van der Waals surface area contributed by atoms with E-state index in [0.29, 0.717) is 0 Å². The zero-order chi connectivity index (χ0) is 16.6. The molecule has 1 fully saturated rings. The van der Waals surface area contributed by atoms with Gasteiger partial charge in [0.05, 0.1) is 17.7 Å². The Bertz CT molecular complexity index is 688. The number of aromatic hydroxyl groups is 1. The maximum absolute atomic E-state index is 13.6. The van der Waals surface area contributed by atoms with Crippen LogP contribution in [0.1, 0.15) is 26.3 Å². The molecule has 0 radical (unpaired) electrons. The lowest BCUT2D eigenvalue weighted by Crippen LogP contribution is -2.46. The van der Waals surface area contributed by atoms with Gasteiger partial charge in [0, 0.05) is 43.8 Å². The van der Waals surface area contributed by atoms with Crippen molar-refractivity contribution in [2.75, 3.05) is 19.6 Å². The van der Waals surface area contributed by atoms with E-state index in [0.717, 1.165) is 49.1 Å². The minimum absolute atomic E-state index is 0.0333. The molecule has 4 nitrogen and oxygen atoms in total. The number of phenolic OH excluding ortho intramolecular Hbond substituents is 1. The van der Waals surface area contributed by atoms with E-state index in [4.69, 9.17) is 4.74 Å². The molecule has 1 aromatic heterocycles. The monoisotopic (exact) mass is 320 g/mol. The zero-order valence-electron chi connectivity index (χ0n) is 14.1. The Morgan fingerprint density at radius 3 is 2.61 bits per heavy atom. The predicted molar refractivity (Wildman–Crippen MR) is 89.4 cm³/mol. The molecule has 1 aromatic carbocycles. The van der Waals surface area contributed by atoms with Crippen molar-refractivity contribution in [3.8, 4) is 5.75 Å². The first kappa shape index (κ1) is 16.3. The molecule has 126 valence electrons. The number of hydrogen-bond acceptors (Lipinski definition) is 3. The summed E-state index contributed by atoms with van der Waals surface area (Å²) in [4.78, 5) is 2.40. The minimum atomic E-state index is -0.398. The number of ether oxygens (including phenoxy) is 1. The number of phenols is 1. The van der Waals surface area contributed by atoms with Crippen molar-refractivity contribution < 1.29 is 14.2 Å². The van der Waals surface area contributed by atoms with Crippen LogP contribution in [0.3, 0.4) is 0 Å². The molecule has 23 heavy (non-hydrogen) atoms. The van der Waals surface area contributed by atoms with E-state index in [1.54, 1.807) is 0 Å². The van der Waals surface area contributed by atoms with E-state index in [1.165, 1.54) is 12.1 Å². The molecule has 0 bridgehead atoms. The largest absolute Gasteiger partial charge is 0.507 e. The summed E-state index contributed by atoms with van der Waals surface area (Å²) < 4.78 is 21.4. The SMILES string of the molecule is CCn1cc(CCN2C[C@@H](C)O[C@@H](C)C2)c2c(O)cc(F)cc21. The quantitative estimate of drug-likeness (QED) is 0.940. The Morgan fingerprint density at radius 2 is 1.96 bits per heavy atom. The third kappa shape index (κ3) is 3.35. The number of fused-ring (bicyclic) bond motifs is 1. The highest BCUT2D eigenvalue weighted by molar-refractivity contribution is 5.89. The summed E-state index contributed by atoms with van der Waals surface area (Å²) in [7, 11) is 0. The molecule has 1 aliphatic heterocycles. The third-order valence-electron chi connectivity index (χ3n) is 4.54. The van der Waals surface area contributed by atoms with Gasteiger partial charge in [-0.3, -0.25) is 4.90 Å². The average molecular weight is 320 g/mol. The van der Waals surface area contributed by atoms with E-state index < -0.39 is 5.82 Å². The molecule has 2 atom stereocenters. The van der Waals surface area contributed by atoms with Gasteiger partial charge in [-0.15, -0.1) is 0 Å². The number of nitrogens with zero attached hydrogens (tertiary/aromatic N) is 2. The van der Waals surface area contributed by atoms with E-state index in [-0.39, 0.29) is 18.0 Å². The Balaban J connectivity index is 1.83. The van der Waals surface area contributed by atoms with Gasteiger partial charge in [-0.25, -0.2) is 4.39 Å². The van der Waals surface area contributed by atoms with Gasteiger partial charge in [-0.2, -0.15) is 0 Å². The van der Waals surface area contributed by atoms with Crippen molar-refractivity contribution in [2.45, 2.75) is 45.9 Å². The van der Waals surface area contributed by atoms with Gasteiger partial charge in [0.1, 0.15) is 11.6 Å². The van der Waals surface area contributed by atoms with Crippen molar-refractivity contribution >= 4 is 10.9 Å². The fourth-order valence-electron chi connectivity index (χ4n) is 3.65.